The molecule has 2 fully saturated rings. The van der Waals surface area contributed by atoms with Crippen molar-refractivity contribution in [2.24, 2.45) is 11.8 Å². The Hall–Kier alpha value is -0.290. The van der Waals surface area contributed by atoms with E-state index in [1.165, 1.54) is 0 Å². The molecule has 0 amide bonds. The molecule has 0 saturated carbocycles. The predicted octanol–water partition coefficient (Wildman–Crippen LogP) is 2.03. The normalized spacial score (nSPS) is 32.4. The van der Waals surface area contributed by atoms with Crippen molar-refractivity contribution in [3.8, 4) is 0 Å². The lowest BCUT2D eigenvalue weighted by Gasteiger charge is -2.21. The summed E-state index contributed by atoms with van der Waals surface area (Å²) in [6.45, 7) is 6.02. The van der Waals surface area contributed by atoms with E-state index in [1.54, 1.807) is 0 Å². The van der Waals surface area contributed by atoms with Crippen LogP contribution in [0.1, 0.15) is 13.8 Å². The fraction of sp³-hybridized carbons (Fsp3) is 1.00. The van der Waals surface area contributed by atoms with Gasteiger partial charge in [-0.25, -0.2) is 4.90 Å². The first kappa shape index (κ1) is 12.8. The molecular weight excluding hydrogens is 205 g/mol. The smallest absolute Gasteiger partial charge is 0.306 e. The summed E-state index contributed by atoms with van der Waals surface area (Å²) in [6, 6.07) is 0. The second-order valence-corrected chi connectivity index (χ2v) is 4.11. The lowest BCUT2D eigenvalue weighted by Crippen LogP contribution is -2.38. The van der Waals surface area contributed by atoms with Gasteiger partial charge in [0.15, 0.2) is 0 Å². The van der Waals surface area contributed by atoms with Gasteiger partial charge >= 0.3 is 6.30 Å². The summed E-state index contributed by atoms with van der Waals surface area (Å²) in [5, 5.41) is 0. The van der Waals surface area contributed by atoms with Gasteiger partial charge < -0.3 is 4.90 Å². The van der Waals surface area contributed by atoms with E-state index in [2.05, 4.69) is 4.90 Å². The first-order chi connectivity index (χ1) is 6.97. The highest BCUT2D eigenvalue weighted by molar-refractivity contribution is 4.92. The third kappa shape index (κ3) is 2.84. The Morgan fingerprint density at radius 2 is 1.33 bits per heavy atom. The predicted molar refractivity (Wildman–Crippen MR) is 53.5 cm³/mol. The Labute approximate surface area is 89.0 Å². The molecule has 2 atom stereocenters. The quantitative estimate of drug-likeness (QED) is 0.581. The van der Waals surface area contributed by atoms with Crippen LogP contribution in [0.25, 0.3) is 0 Å². The van der Waals surface area contributed by atoms with E-state index in [9.17, 15) is 13.2 Å². The number of hydrogen-bond acceptors (Lipinski definition) is 2. The van der Waals surface area contributed by atoms with Crippen molar-refractivity contribution in [3.05, 3.63) is 0 Å². The fourth-order valence-electron chi connectivity index (χ4n) is 2.43. The molecule has 0 aromatic rings. The second kappa shape index (κ2) is 4.70. The van der Waals surface area contributed by atoms with Gasteiger partial charge in [-0.15, -0.1) is 0 Å². The van der Waals surface area contributed by atoms with Crippen LogP contribution in [0.2, 0.25) is 0 Å². The van der Waals surface area contributed by atoms with Crippen LogP contribution in [0.3, 0.4) is 0 Å². The van der Waals surface area contributed by atoms with Gasteiger partial charge in [-0.3, -0.25) is 0 Å². The van der Waals surface area contributed by atoms with Crippen LogP contribution in [-0.2, 0) is 0 Å². The van der Waals surface area contributed by atoms with Gasteiger partial charge in [0.25, 0.3) is 0 Å². The van der Waals surface area contributed by atoms with E-state index in [0.717, 1.165) is 13.1 Å². The highest BCUT2D eigenvalue weighted by atomic mass is 19.4. The lowest BCUT2D eigenvalue weighted by atomic mass is 10.0. The molecule has 0 aromatic heterocycles. The Balaban J connectivity index is 0.000000531. The molecule has 2 unspecified atom stereocenters. The van der Waals surface area contributed by atoms with Crippen molar-refractivity contribution in [3.63, 3.8) is 0 Å². The average Bonchev–Trinajstić information content (AvgIpc) is 2.63. The van der Waals surface area contributed by atoms with Crippen LogP contribution in [-0.4, -0.2) is 49.3 Å². The molecule has 2 rings (SSSR count). The highest BCUT2D eigenvalue weighted by Gasteiger charge is 2.48. The van der Waals surface area contributed by atoms with E-state index in [4.69, 9.17) is 0 Å². The topological polar surface area (TPSA) is 6.48 Å². The Morgan fingerprint density at radius 1 is 0.933 bits per heavy atom. The summed E-state index contributed by atoms with van der Waals surface area (Å²) >= 11 is 0. The summed E-state index contributed by atoms with van der Waals surface area (Å²) in [7, 11) is 1.97. The molecule has 90 valence electrons. The van der Waals surface area contributed by atoms with Crippen molar-refractivity contribution in [2.45, 2.75) is 20.1 Å². The Morgan fingerprint density at radius 3 is 1.67 bits per heavy atom. The van der Waals surface area contributed by atoms with Crippen LogP contribution in [0, 0.1) is 11.8 Å². The molecule has 2 nitrogen and oxygen atoms in total. The van der Waals surface area contributed by atoms with E-state index in [0.29, 0.717) is 4.90 Å². The number of likely N-dealkylation sites (tertiary alicyclic amines) is 2. The van der Waals surface area contributed by atoms with Crippen LogP contribution in [0.15, 0.2) is 0 Å². The number of nitrogens with zero attached hydrogens (tertiary/aromatic N) is 2. The molecule has 0 N–H and O–H groups in total. The maximum absolute atomic E-state index is 12.3. The van der Waals surface area contributed by atoms with E-state index in [-0.39, 0.29) is 24.9 Å². The number of hydrogen-bond donors (Lipinski definition) is 0. The number of fused-ring (bicyclic) bond motifs is 1. The zero-order valence-corrected chi connectivity index (χ0v) is 9.51. The van der Waals surface area contributed by atoms with Crippen LogP contribution < -0.4 is 0 Å². The number of halogens is 3. The third-order valence-corrected chi connectivity index (χ3v) is 3.03. The second-order valence-electron chi connectivity index (χ2n) is 4.11. The molecule has 0 aliphatic carbocycles. The number of alkyl halides is 3. The van der Waals surface area contributed by atoms with Gasteiger partial charge in [-0.2, -0.15) is 13.2 Å². The summed E-state index contributed by atoms with van der Waals surface area (Å²) in [6.07, 6.45) is -4.12. The molecule has 2 aliphatic rings. The van der Waals surface area contributed by atoms with Gasteiger partial charge in [0.2, 0.25) is 0 Å². The van der Waals surface area contributed by atoms with E-state index < -0.39 is 6.30 Å². The van der Waals surface area contributed by atoms with Crippen molar-refractivity contribution >= 4 is 0 Å². The van der Waals surface area contributed by atoms with Gasteiger partial charge in [-0.1, -0.05) is 13.8 Å². The molecule has 0 spiro atoms. The first-order valence-corrected chi connectivity index (χ1v) is 5.47. The van der Waals surface area contributed by atoms with Crippen molar-refractivity contribution in [2.75, 3.05) is 33.2 Å². The van der Waals surface area contributed by atoms with E-state index in [1.807, 2.05) is 20.9 Å². The SMILES string of the molecule is CC.CN1CC2CN(C(F)(F)F)CC2C1. The summed E-state index contributed by atoms with van der Waals surface area (Å²) < 4.78 is 36.8. The molecule has 0 bridgehead atoms. The van der Waals surface area contributed by atoms with E-state index >= 15 is 0 Å². The maximum atomic E-state index is 12.3. The average molecular weight is 224 g/mol. The Bertz CT molecular complexity index is 191. The zero-order valence-electron chi connectivity index (χ0n) is 9.51. The largest absolute Gasteiger partial charge is 0.459 e. The van der Waals surface area contributed by atoms with Crippen molar-refractivity contribution in [1.82, 2.24) is 9.80 Å². The van der Waals surface area contributed by atoms with Crippen LogP contribution >= 0.6 is 0 Å². The lowest BCUT2D eigenvalue weighted by molar-refractivity contribution is -0.240. The minimum absolute atomic E-state index is 0.193. The minimum atomic E-state index is -4.12. The van der Waals surface area contributed by atoms with Gasteiger partial charge in [0.05, 0.1) is 0 Å². The molecular formula is C10H19F3N2. The fourth-order valence-corrected chi connectivity index (χ4v) is 2.43. The van der Waals surface area contributed by atoms with Gasteiger partial charge in [-0.05, 0) is 18.9 Å². The highest BCUT2D eigenvalue weighted by Crippen LogP contribution is 2.35. The summed E-state index contributed by atoms with van der Waals surface area (Å²) in [4.78, 5) is 2.76. The van der Waals surface area contributed by atoms with Gasteiger partial charge in [0.1, 0.15) is 0 Å². The van der Waals surface area contributed by atoms with Crippen LogP contribution in [0.5, 0.6) is 0 Å². The molecule has 2 aliphatic heterocycles. The minimum Gasteiger partial charge on any atom is -0.306 e. The van der Waals surface area contributed by atoms with Crippen molar-refractivity contribution in [1.29, 1.82) is 0 Å². The number of rotatable bonds is 0. The molecule has 0 radical (unpaired) electrons. The zero-order chi connectivity index (χ0) is 11.6. The standard InChI is InChI=1S/C8H13F3N2.C2H6/c1-12-2-6-4-13(8(9,10)11)5-7(6)3-12;1-2/h6-7H,2-5H2,1H3;1-2H3. The third-order valence-electron chi connectivity index (χ3n) is 3.03. The molecule has 5 heteroatoms. The molecule has 2 heterocycles. The summed E-state index contributed by atoms with van der Waals surface area (Å²) in [5.41, 5.74) is 0. The molecule has 15 heavy (non-hydrogen) atoms. The molecule has 2 saturated heterocycles. The van der Waals surface area contributed by atoms with Crippen molar-refractivity contribution < 1.29 is 13.2 Å². The maximum Gasteiger partial charge on any atom is 0.459 e. The monoisotopic (exact) mass is 224 g/mol. The Kier molecular flexibility index (Phi) is 4.00. The molecule has 0 aromatic carbocycles. The first-order valence-electron chi connectivity index (χ1n) is 5.47. The van der Waals surface area contributed by atoms with Gasteiger partial charge in [0, 0.05) is 26.2 Å². The summed E-state index contributed by atoms with van der Waals surface area (Å²) in [5.74, 6) is 0.457. The van der Waals surface area contributed by atoms with Crippen LogP contribution in [0.4, 0.5) is 13.2 Å².